The molecule has 6 heteroatoms. The summed E-state index contributed by atoms with van der Waals surface area (Å²) in [7, 11) is 1.99. The Kier molecular flexibility index (Phi) is 4.37. The summed E-state index contributed by atoms with van der Waals surface area (Å²) in [5.41, 5.74) is 0.713. The Morgan fingerprint density at radius 3 is 3.10 bits per heavy atom. The van der Waals surface area contributed by atoms with E-state index in [0.717, 1.165) is 29.9 Å². The monoisotopic (exact) mass is 352 g/mol. The van der Waals surface area contributed by atoms with Crippen molar-refractivity contribution in [1.82, 2.24) is 19.8 Å². The molecule has 1 aliphatic rings. The Bertz CT molecular complexity index is 628. The predicted octanol–water partition coefficient (Wildman–Crippen LogP) is 2.47. The molecule has 2 aromatic rings. The quantitative estimate of drug-likeness (QED) is 0.920. The normalized spacial score (nSPS) is 19.9. The molecule has 4 nitrogen and oxygen atoms in total. The minimum Gasteiger partial charge on any atom is -0.337 e. The van der Waals surface area contributed by atoms with E-state index in [1.807, 2.05) is 30.1 Å². The van der Waals surface area contributed by atoms with Crippen LogP contribution in [0.5, 0.6) is 0 Å². The molecule has 2 heterocycles. The number of rotatable bonds is 3. The molecule has 1 N–H and O–H groups in total. The predicted molar refractivity (Wildman–Crippen MR) is 83.3 cm³/mol. The van der Waals surface area contributed by atoms with E-state index in [1.165, 1.54) is 6.07 Å². The number of nitrogens with zero attached hydrogens (tertiary/aromatic N) is 3. The zero-order valence-electron chi connectivity index (χ0n) is 11.9. The van der Waals surface area contributed by atoms with E-state index in [2.05, 4.69) is 31.1 Å². The van der Waals surface area contributed by atoms with Crippen molar-refractivity contribution in [2.24, 2.45) is 7.05 Å². The van der Waals surface area contributed by atoms with Crippen LogP contribution in [-0.2, 0) is 13.6 Å². The first-order valence-corrected chi connectivity index (χ1v) is 7.80. The number of benzene rings is 1. The topological polar surface area (TPSA) is 33.1 Å². The van der Waals surface area contributed by atoms with Crippen LogP contribution in [0.25, 0.3) is 0 Å². The van der Waals surface area contributed by atoms with Crippen LogP contribution in [0, 0.1) is 5.82 Å². The van der Waals surface area contributed by atoms with E-state index < -0.39 is 0 Å². The summed E-state index contributed by atoms with van der Waals surface area (Å²) < 4.78 is 16.9. The Morgan fingerprint density at radius 2 is 2.33 bits per heavy atom. The molecule has 1 aromatic carbocycles. The molecule has 1 saturated heterocycles. The van der Waals surface area contributed by atoms with Crippen LogP contribution in [-0.4, -0.2) is 34.1 Å². The van der Waals surface area contributed by atoms with Crippen LogP contribution in [0.2, 0.25) is 0 Å². The average Bonchev–Trinajstić information content (AvgIpc) is 2.90. The first kappa shape index (κ1) is 14.7. The van der Waals surface area contributed by atoms with Gasteiger partial charge in [-0.3, -0.25) is 4.90 Å². The number of imidazole rings is 1. The fourth-order valence-corrected chi connectivity index (χ4v) is 3.18. The molecule has 21 heavy (non-hydrogen) atoms. The number of aryl methyl sites for hydroxylation is 1. The number of halogens is 2. The number of nitrogens with one attached hydrogen (secondary N) is 1. The van der Waals surface area contributed by atoms with Crippen LogP contribution < -0.4 is 5.32 Å². The first-order chi connectivity index (χ1) is 10.1. The van der Waals surface area contributed by atoms with Gasteiger partial charge in [-0.25, -0.2) is 9.37 Å². The highest BCUT2D eigenvalue weighted by Gasteiger charge is 2.27. The first-order valence-electron chi connectivity index (χ1n) is 7.01. The zero-order valence-corrected chi connectivity index (χ0v) is 13.5. The summed E-state index contributed by atoms with van der Waals surface area (Å²) in [6, 6.07) is 5.26. The molecule has 112 valence electrons. The van der Waals surface area contributed by atoms with E-state index in [-0.39, 0.29) is 11.9 Å². The third-order valence-corrected chi connectivity index (χ3v) is 4.39. The van der Waals surface area contributed by atoms with E-state index in [9.17, 15) is 4.39 Å². The lowest BCUT2D eigenvalue weighted by Gasteiger charge is -2.35. The van der Waals surface area contributed by atoms with Gasteiger partial charge in [0.2, 0.25) is 0 Å². The van der Waals surface area contributed by atoms with Gasteiger partial charge in [0, 0.05) is 55.7 Å². The highest BCUT2D eigenvalue weighted by atomic mass is 79.9. The van der Waals surface area contributed by atoms with E-state index >= 15 is 0 Å². The van der Waals surface area contributed by atoms with Gasteiger partial charge in [-0.1, -0.05) is 15.9 Å². The van der Waals surface area contributed by atoms with Crippen LogP contribution in [0.15, 0.2) is 35.1 Å². The maximum atomic E-state index is 14.0. The fourth-order valence-electron chi connectivity index (χ4n) is 2.77. The third-order valence-electron chi connectivity index (χ3n) is 3.89. The van der Waals surface area contributed by atoms with Crippen molar-refractivity contribution in [3.8, 4) is 0 Å². The van der Waals surface area contributed by atoms with Crippen molar-refractivity contribution in [3.05, 3.63) is 52.3 Å². The summed E-state index contributed by atoms with van der Waals surface area (Å²) in [5, 5.41) is 3.39. The molecule has 0 radical (unpaired) electrons. The minimum atomic E-state index is -0.157. The van der Waals surface area contributed by atoms with Gasteiger partial charge in [-0.2, -0.15) is 0 Å². The summed E-state index contributed by atoms with van der Waals surface area (Å²) in [6.45, 7) is 3.21. The Hall–Kier alpha value is -1.24. The zero-order chi connectivity index (χ0) is 14.8. The molecule has 0 amide bonds. The van der Waals surface area contributed by atoms with Crippen molar-refractivity contribution in [2.45, 2.75) is 12.6 Å². The second-order valence-corrected chi connectivity index (χ2v) is 6.24. The van der Waals surface area contributed by atoms with E-state index in [1.54, 1.807) is 6.07 Å². The standard InChI is InChI=1S/C15H18BrFN4/c1-20-6-5-19-15(20)14-9-18-4-7-21(14)10-11-8-12(16)2-3-13(11)17/h2-3,5-6,8,14,18H,4,7,9-10H2,1H3. The fraction of sp³-hybridized carbons (Fsp3) is 0.400. The molecule has 1 atom stereocenters. The number of hydrogen-bond donors (Lipinski definition) is 1. The third kappa shape index (κ3) is 3.17. The average molecular weight is 353 g/mol. The van der Waals surface area contributed by atoms with E-state index in [4.69, 9.17) is 0 Å². The van der Waals surface area contributed by atoms with Gasteiger partial charge in [-0.05, 0) is 18.2 Å². The second kappa shape index (κ2) is 6.25. The summed E-state index contributed by atoms with van der Waals surface area (Å²) in [5.74, 6) is 0.855. The maximum Gasteiger partial charge on any atom is 0.127 e. The van der Waals surface area contributed by atoms with Crippen molar-refractivity contribution in [2.75, 3.05) is 19.6 Å². The lowest BCUT2D eigenvalue weighted by Crippen LogP contribution is -2.46. The summed E-state index contributed by atoms with van der Waals surface area (Å²) in [4.78, 5) is 6.73. The molecule has 1 fully saturated rings. The molecule has 1 aromatic heterocycles. The van der Waals surface area contributed by atoms with Crippen molar-refractivity contribution < 1.29 is 4.39 Å². The van der Waals surface area contributed by atoms with Gasteiger partial charge >= 0.3 is 0 Å². The van der Waals surface area contributed by atoms with Gasteiger partial charge in [0.15, 0.2) is 0 Å². The SMILES string of the molecule is Cn1ccnc1C1CNCCN1Cc1cc(Br)ccc1F. The Morgan fingerprint density at radius 1 is 1.48 bits per heavy atom. The molecule has 0 bridgehead atoms. The minimum absolute atomic E-state index is 0.157. The molecule has 1 unspecified atom stereocenters. The Labute approximate surface area is 132 Å². The summed E-state index contributed by atoms with van der Waals surface area (Å²) in [6.07, 6.45) is 3.75. The van der Waals surface area contributed by atoms with Crippen molar-refractivity contribution >= 4 is 15.9 Å². The smallest absolute Gasteiger partial charge is 0.127 e. The highest BCUT2D eigenvalue weighted by Crippen LogP contribution is 2.24. The van der Waals surface area contributed by atoms with Crippen LogP contribution in [0.1, 0.15) is 17.4 Å². The van der Waals surface area contributed by atoms with Gasteiger partial charge in [0.25, 0.3) is 0 Å². The molecule has 3 rings (SSSR count). The van der Waals surface area contributed by atoms with Gasteiger partial charge in [-0.15, -0.1) is 0 Å². The van der Waals surface area contributed by atoms with Crippen LogP contribution in [0.4, 0.5) is 4.39 Å². The van der Waals surface area contributed by atoms with Crippen molar-refractivity contribution in [3.63, 3.8) is 0 Å². The Balaban J connectivity index is 1.85. The van der Waals surface area contributed by atoms with Gasteiger partial charge in [0.05, 0.1) is 6.04 Å². The van der Waals surface area contributed by atoms with Gasteiger partial charge in [0.1, 0.15) is 11.6 Å². The van der Waals surface area contributed by atoms with Gasteiger partial charge < -0.3 is 9.88 Å². The molecular weight excluding hydrogens is 335 g/mol. The van der Waals surface area contributed by atoms with E-state index in [0.29, 0.717) is 12.1 Å². The van der Waals surface area contributed by atoms with Crippen molar-refractivity contribution in [1.29, 1.82) is 0 Å². The highest BCUT2D eigenvalue weighted by molar-refractivity contribution is 9.10. The molecular formula is C15H18BrFN4. The second-order valence-electron chi connectivity index (χ2n) is 5.32. The lowest BCUT2D eigenvalue weighted by atomic mass is 10.1. The van der Waals surface area contributed by atoms with Crippen LogP contribution >= 0.6 is 15.9 Å². The lowest BCUT2D eigenvalue weighted by molar-refractivity contribution is 0.143. The number of piperazine rings is 1. The molecule has 0 saturated carbocycles. The molecule has 0 spiro atoms. The largest absolute Gasteiger partial charge is 0.337 e. The molecule has 1 aliphatic heterocycles. The molecule has 0 aliphatic carbocycles. The number of aromatic nitrogens is 2. The summed E-state index contributed by atoms with van der Waals surface area (Å²) >= 11 is 3.41. The maximum absolute atomic E-state index is 14.0. The van der Waals surface area contributed by atoms with Crippen LogP contribution in [0.3, 0.4) is 0 Å². The number of hydrogen-bond acceptors (Lipinski definition) is 3.